The van der Waals surface area contributed by atoms with Gasteiger partial charge in [0.25, 0.3) is 5.91 Å². The zero-order valence-corrected chi connectivity index (χ0v) is 16.0. The molecule has 1 heterocycles. The van der Waals surface area contributed by atoms with E-state index in [2.05, 4.69) is 5.10 Å². The van der Waals surface area contributed by atoms with Crippen LogP contribution in [0.1, 0.15) is 28.7 Å². The summed E-state index contributed by atoms with van der Waals surface area (Å²) < 4.78 is 1.61. The van der Waals surface area contributed by atoms with Gasteiger partial charge in [-0.25, -0.2) is 4.68 Å². The average molecular weight is 382 g/mol. The highest BCUT2D eigenvalue weighted by molar-refractivity contribution is 6.30. The Labute approximate surface area is 162 Å². The lowest BCUT2D eigenvalue weighted by Crippen LogP contribution is -2.35. The molecule has 0 radical (unpaired) electrons. The van der Waals surface area contributed by atoms with E-state index in [1.807, 2.05) is 55.5 Å². The van der Waals surface area contributed by atoms with E-state index in [1.54, 1.807) is 22.6 Å². The van der Waals surface area contributed by atoms with Crippen molar-refractivity contribution >= 4 is 17.5 Å². The van der Waals surface area contributed by atoms with Gasteiger partial charge in [0.2, 0.25) is 5.43 Å². The third-order valence-electron chi connectivity index (χ3n) is 4.24. The molecule has 0 spiro atoms. The molecule has 0 aliphatic carbocycles. The molecule has 1 aromatic heterocycles. The predicted molar refractivity (Wildman–Crippen MR) is 106 cm³/mol. The van der Waals surface area contributed by atoms with E-state index in [9.17, 15) is 9.59 Å². The number of halogens is 1. The summed E-state index contributed by atoms with van der Waals surface area (Å²) in [6.45, 7) is 4.47. The van der Waals surface area contributed by atoms with E-state index in [0.29, 0.717) is 23.8 Å². The first-order valence-corrected chi connectivity index (χ1v) is 9.07. The van der Waals surface area contributed by atoms with Gasteiger partial charge in [0, 0.05) is 29.9 Å². The van der Waals surface area contributed by atoms with Crippen molar-refractivity contribution in [3.63, 3.8) is 0 Å². The van der Waals surface area contributed by atoms with Gasteiger partial charge < -0.3 is 4.90 Å². The number of carbonyl (C=O) groups is 1. The second kappa shape index (κ2) is 8.18. The Bertz CT molecular complexity index is 1020. The summed E-state index contributed by atoms with van der Waals surface area (Å²) in [5.41, 5.74) is 1.89. The summed E-state index contributed by atoms with van der Waals surface area (Å²) in [7, 11) is 0. The first kappa shape index (κ1) is 18.9. The van der Waals surface area contributed by atoms with Crippen molar-refractivity contribution in [2.24, 2.45) is 0 Å². The van der Waals surface area contributed by atoms with Gasteiger partial charge in [0.15, 0.2) is 5.69 Å². The molecule has 6 heteroatoms. The normalized spacial score (nSPS) is 10.6. The first-order chi connectivity index (χ1) is 13.0. The van der Waals surface area contributed by atoms with Crippen LogP contribution < -0.4 is 5.43 Å². The molecular formula is C21H20ClN3O2. The molecule has 0 aliphatic heterocycles. The van der Waals surface area contributed by atoms with Crippen LogP contribution >= 0.6 is 11.6 Å². The minimum Gasteiger partial charge on any atom is -0.333 e. The maximum Gasteiger partial charge on any atom is 0.278 e. The Balaban J connectivity index is 1.96. The van der Waals surface area contributed by atoms with Gasteiger partial charge in [-0.2, -0.15) is 5.10 Å². The molecule has 0 bridgehead atoms. The summed E-state index contributed by atoms with van der Waals surface area (Å²) in [4.78, 5) is 27.0. The molecule has 0 unspecified atom stereocenters. The van der Waals surface area contributed by atoms with Gasteiger partial charge in [0.05, 0.1) is 5.69 Å². The van der Waals surface area contributed by atoms with Gasteiger partial charge in [-0.05, 0) is 43.7 Å². The van der Waals surface area contributed by atoms with Crippen molar-refractivity contribution in [2.75, 3.05) is 6.54 Å². The average Bonchev–Trinajstić information content (AvgIpc) is 2.66. The number of carbonyl (C=O) groups excluding carboxylic acids is 1. The molecule has 5 nitrogen and oxygen atoms in total. The topological polar surface area (TPSA) is 55.2 Å². The lowest BCUT2D eigenvalue weighted by Gasteiger charge is -2.21. The van der Waals surface area contributed by atoms with Crippen LogP contribution in [0.2, 0.25) is 5.02 Å². The van der Waals surface area contributed by atoms with Crippen LogP contribution in [-0.2, 0) is 6.54 Å². The van der Waals surface area contributed by atoms with E-state index in [4.69, 9.17) is 11.6 Å². The molecular weight excluding hydrogens is 362 g/mol. The fourth-order valence-corrected chi connectivity index (χ4v) is 3.07. The molecule has 3 rings (SSSR count). The van der Waals surface area contributed by atoms with Crippen molar-refractivity contribution < 1.29 is 4.79 Å². The van der Waals surface area contributed by atoms with E-state index in [0.717, 1.165) is 11.3 Å². The van der Waals surface area contributed by atoms with Crippen LogP contribution in [0, 0.1) is 6.92 Å². The van der Waals surface area contributed by atoms with E-state index in [1.165, 1.54) is 6.07 Å². The lowest BCUT2D eigenvalue weighted by atomic mass is 10.2. The molecule has 0 fully saturated rings. The van der Waals surface area contributed by atoms with Gasteiger partial charge in [-0.3, -0.25) is 9.59 Å². The first-order valence-electron chi connectivity index (χ1n) is 8.69. The minimum absolute atomic E-state index is 0.0895. The Morgan fingerprint density at radius 3 is 2.52 bits per heavy atom. The monoisotopic (exact) mass is 381 g/mol. The zero-order valence-electron chi connectivity index (χ0n) is 15.2. The molecule has 3 aromatic rings. The highest BCUT2D eigenvalue weighted by atomic mass is 35.5. The SMILES string of the molecule is CCN(Cc1cccc(Cl)c1)C(=O)c1nn(-c2ccccc2)c(C)cc1=O. The number of aromatic nitrogens is 2. The summed E-state index contributed by atoms with van der Waals surface area (Å²) in [6.07, 6.45) is 0. The fraction of sp³-hybridized carbons (Fsp3) is 0.190. The number of hydrogen-bond acceptors (Lipinski definition) is 3. The molecule has 27 heavy (non-hydrogen) atoms. The summed E-state index contributed by atoms with van der Waals surface area (Å²) in [6, 6.07) is 18.2. The van der Waals surface area contributed by atoms with Crippen LogP contribution in [0.15, 0.2) is 65.5 Å². The van der Waals surface area contributed by atoms with Crippen molar-refractivity contribution in [1.29, 1.82) is 0 Å². The van der Waals surface area contributed by atoms with E-state index < -0.39 is 5.91 Å². The van der Waals surface area contributed by atoms with Crippen LogP contribution in [-0.4, -0.2) is 27.1 Å². The van der Waals surface area contributed by atoms with Crippen molar-refractivity contribution in [2.45, 2.75) is 20.4 Å². The van der Waals surface area contributed by atoms with Crippen LogP contribution in [0.5, 0.6) is 0 Å². The summed E-state index contributed by atoms with van der Waals surface area (Å²) in [5, 5.41) is 4.96. The molecule has 0 N–H and O–H groups in total. The summed E-state index contributed by atoms with van der Waals surface area (Å²) in [5.74, 6) is -0.396. The molecule has 0 saturated carbocycles. The number of amides is 1. The van der Waals surface area contributed by atoms with Gasteiger partial charge in [-0.1, -0.05) is 41.9 Å². The fourth-order valence-electron chi connectivity index (χ4n) is 2.86. The van der Waals surface area contributed by atoms with Crippen LogP contribution in [0.4, 0.5) is 0 Å². The maximum atomic E-state index is 13.0. The number of benzene rings is 2. The smallest absolute Gasteiger partial charge is 0.278 e. The quantitative estimate of drug-likeness (QED) is 0.674. The highest BCUT2D eigenvalue weighted by Gasteiger charge is 2.21. The zero-order chi connectivity index (χ0) is 19.4. The number of aryl methyl sites for hydroxylation is 1. The Morgan fingerprint density at radius 2 is 1.85 bits per heavy atom. The van der Waals surface area contributed by atoms with E-state index >= 15 is 0 Å². The number of nitrogens with zero attached hydrogens (tertiary/aromatic N) is 3. The van der Waals surface area contributed by atoms with Gasteiger partial charge in [0.1, 0.15) is 0 Å². The maximum absolute atomic E-state index is 13.0. The predicted octanol–water partition coefficient (Wildman–Crippen LogP) is 3.86. The molecule has 2 aromatic carbocycles. The van der Waals surface area contributed by atoms with Crippen LogP contribution in [0.25, 0.3) is 5.69 Å². The molecule has 0 atom stereocenters. The molecule has 1 amide bonds. The Kier molecular flexibility index (Phi) is 5.72. The summed E-state index contributed by atoms with van der Waals surface area (Å²) >= 11 is 6.03. The molecule has 0 saturated heterocycles. The largest absolute Gasteiger partial charge is 0.333 e. The van der Waals surface area contributed by atoms with Crippen molar-refractivity contribution in [1.82, 2.24) is 14.7 Å². The van der Waals surface area contributed by atoms with Gasteiger partial charge in [-0.15, -0.1) is 0 Å². The third kappa shape index (κ3) is 4.26. The molecule has 0 aliphatic rings. The lowest BCUT2D eigenvalue weighted by molar-refractivity contribution is 0.0743. The van der Waals surface area contributed by atoms with Crippen LogP contribution in [0.3, 0.4) is 0 Å². The second-order valence-electron chi connectivity index (χ2n) is 6.20. The highest BCUT2D eigenvalue weighted by Crippen LogP contribution is 2.14. The standard InChI is InChI=1S/C21H20ClN3O2/c1-3-24(14-16-8-7-9-17(22)13-16)21(27)20-19(26)12-15(2)25(23-20)18-10-5-4-6-11-18/h4-13H,3,14H2,1-2H3. The third-order valence-corrected chi connectivity index (χ3v) is 4.48. The number of rotatable bonds is 5. The second-order valence-corrected chi connectivity index (χ2v) is 6.63. The molecule has 138 valence electrons. The number of hydrogen-bond donors (Lipinski definition) is 0. The van der Waals surface area contributed by atoms with E-state index in [-0.39, 0.29) is 11.1 Å². The minimum atomic E-state index is -0.396. The van der Waals surface area contributed by atoms with Gasteiger partial charge >= 0.3 is 0 Å². The van der Waals surface area contributed by atoms with Crippen molar-refractivity contribution in [3.8, 4) is 5.69 Å². The number of para-hydroxylation sites is 1. The Morgan fingerprint density at radius 1 is 1.11 bits per heavy atom. The Hall–Kier alpha value is -2.92. The van der Waals surface area contributed by atoms with Crippen molar-refractivity contribution in [3.05, 3.63) is 92.9 Å².